The number of halogens is 1. The van der Waals surface area contributed by atoms with Crippen molar-refractivity contribution < 1.29 is 4.57 Å². The molecule has 0 spiro atoms. The van der Waals surface area contributed by atoms with E-state index >= 15 is 0 Å². The lowest BCUT2D eigenvalue weighted by Crippen LogP contribution is -2.23. The third-order valence-corrected chi connectivity index (χ3v) is 3.25. The predicted molar refractivity (Wildman–Crippen MR) is 65.9 cm³/mol. The summed E-state index contributed by atoms with van der Waals surface area (Å²) in [5.74, 6) is 0. The van der Waals surface area contributed by atoms with Gasteiger partial charge in [-0.3, -0.25) is 0 Å². The van der Waals surface area contributed by atoms with Gasteiger partial charge in [-0.15, -0.1) is 0 Å². The summed E-state index contributed by atoms with van der Waals surface area (Å²) in [7, 11) is 1.93. The molecule has 0 aliphatic carbocycles. The van der Waals surface area contributed by atoms with Crippen LogP contribution in [0.15, 0.2) is 40.0 Å². The maximum absolute atomic E-state index is 6.05. The number of thiazole rings is 1. The molecule has 0 unspecified atom stereocenters. The van der Waals surface area contributed by atoms with Crippen LogP contribution in [0.2, 0.25) is 5.02 Å². The Kier molecular flexibility index (Phi) is 3.31. The minimum absolute atomic E-state index is 0.628. The summed E-state index contributed by atoms with van der Waals surface area (Å²) in [6.45, 7) is 1.99. The van der Waals surface area contributed by atoms with Gasteiger partial charge in [0.2, 0.25) is 0 Å². The van der Waals surface area contributed by atoms with Gasteiger partial charge in [-0.05, 0) is 41.1 Å². The van der Waals surface area contributed by atoms with Gasteiger partial charge in [0.05, 0.1) is 17.2 Å². The highest BCUT2D eigenvalue weighted by molar-refractivity contribution is 7.12. The van der Waals surface area contributed by atoms with Crippen LogP contribution < -0.4 is 4.57 Å². The molecule has 0 atom stereocenters. The van der Waals surface area contributed by atoms with E-state index in [9.17, 15) is 0 Å². The van der Waals surface area contributed by atoms with Gasteiger partial charge in [-0.25, -0.2) is 4.57 Å². The highest BCUT2D eigenvalue weighted by atomic mass is 35.5. The molecule has 0 bridgehead atoms. The average molecular weight is 253 g/mol. The molecule has 1 aromatic heterocycles. The van der Waals surface area contributed by atoms with Gasteiger partial charge in [0.15, 0.2) is 0 Å². The van der Waals surface area contributed by atoms with E-state index in [1.165, 1.54) is 11.3 Å². The Balaban J connectivity index is 2.27. The number of nitrogens with zero attached hydrogens (tertiary/aromatic N) is 3. The van der Waals surface area contributed by atoms with Crippen LogP contribution in [0.4, 0.5) is 10.8 Å². The fourth-order valence-electron chi connectivity index (χ4n) is 1.21. The second kappa shape index (κ2) is 4.72. The van der Waals surface area contributed by atoms with Gasteiger partial charge in [0, 0.05) is 5.38 Å². The van der Waals surface area contributed by atoms with Gasteiger partial charge < -0.3 is 0 Å². The first-order chi connectivity index (χ1) is 7.66. The SMILES string of the molecule is Cc1ccc(N=Nc2scc[n+]2C)c(Cl)c1. The van der Waals surface area contributed by atoms with Crippen molar-refractivity contribution in [3.8, 4) is 0 Å². The van der Waals surface area contributed by atoms with Crippen LogP contribution in [0.3, 0.4) is 0 Å². The summed E-state index contributed by atoms with van der Waals surface area (Å²) in [6, 6.07) is 5.72. The van der Waals surface area contributed by atoms with Gasteiger partial charge >= 0.3 is 5.13 Å². The van der Waals surface area contributed by atoms with E-state index in [0.717, 1.165) is 10.7 Å². The maximum atomic E-state index is 6.05. The largest absolute Gasteiger partial charge is 0.408 e. The van der Waals surface area contributed by atoms with E-state index in [1.807, 2.05) is 48.3 Å². The van der Waals surface area contributed by atoms with E-state index in [4.69, 9.17) is 11.6 Å². The molecule has 0 radical (unpaired) electrons. The molecule has 2 rings (SSSR count). The molecule has 0 saturated heterocycles. The van der Waals surface area contributed by atoms with E-state index in [-0.39, 0.29) is 0 Å². The molecular formula is C11H11ClN3S+. The van der Waals surface area contributed by atoms with Crippen LogP contribution >= 0.6 is 22.9 Å². The van der Waals surface area contributed by atoms with Crippen molar-refractivity contribution in [1.82, 2.24) is 0 Å². The minimum Gasteiger partial charge on any atom is -0.222 e. The molecule has 0 aliphatic rings. The summed E-state index contributed by atoms with van der Waals surface area (Å²) < 4.78 is 1.91. The van der Waals surface area contributed by atoms with Gasteiger partial charge in [0.1, 0.15) is 11.9 Å². The number of aryl methyl sites for hydroxylation is 2. The molecule has 0 saturated carbocycles. The molecular weight excluding hydrogens is 242 g/mol. The Morgan fingerprint density at radius 3 is 2.75 bits per heavy atom. The summed E-state index contributed by atoms with van der Waals surface area (Å²) in [6.07, 6.45) is 1.94. The highest BCUT2D eigenvalue weighted by Crippen LogP contribution is 2.27. The number of rotatable bonds is 2. The Bertz CT molecular complexity index is 534. The quantitative estimate of drug-likeness (QED) is 0.572. The number of hydrogen-bond acceptors (Lipinski definition) is 3. The molecule has 82 valence electrons. The maximum Gasteiger partial charge on any atom is 0.408 e. The number of aromatic nitrogens is 1. The summed E-state index contributed by atoms with van der Waals surface area (Å²) in [4.78, 5) is 0. The number of hydrogen-bond donors (Lipinski definition) is 0. The second-order valence-electron chi connectivity index (χ2n) is 3.45. The molecule has 1 aromatic carbocycles. The highest BCUT2D eigenvalue weighted by Gasteiger charge is 2.08. The van der Waals surface area contributed by atoms with E-state index in [2.05, 4.69) is 10.2 Å². The monoisotopic (exact) mass is 252 g/mol. The molecule has 5 heteroatoms. The standard InChI is InChI=1S/C11H11ClN3S/c1-8-3-4-10(9(12)7-8)13-14-11-15(2)5-6-16-11/h3-7H,1-2H3/q+1. The predicted octanol–water partition coefficient (Wildman–Crippen LogP) is 3.95. The van der Waals surface area contributed by atoms with Crippen molar-refractivity contribution in [3.63, 3.8) is 0 Å². The fourth-order valence-corrected chi connectivity index (χ4v) is 2.17. The van der Waals surface area contributed by atoms with E-state index in [0.29, 0.717) is 10.7 Å². The average Bonchev–Trinajstić information content (AvgIpc) is 2.63. The number of azo groups is 1. The Hall–Kier alpha value is -1.26. The minimum atomic E-state index is 0.628. The van der Waals surface area contributed by atoms with Crippen LogP contribution in [0.1, 0.15) is 5.56 Å². The third kappa shape index (κ3) is 2.46. The second-order valence-corrected chi connectivity index (χ2v) is 4.73. The lowest BCUT2D eigenvalue weighted by atomic mass is 10.2. The molecule has 2 aromatic rings. The molecule has 0 aliphatic heterocycles. The third-order valence-electron chi connectivity index (χ3n) is 2.11. The molecule has 1 heterocycles. The first-order valence-electron chi connectivity index (χ1n) is 4.78. The number of benzene rings is 1. The van der Waals surface area contributed by atoms with Crippen LogP contribution in [0, 0.1) is 6.92 Å². The van der Waals surface area contributed by atoms with Crippen LogP contribution in [-0.2, 0) is 7.05 Å². The lowest BCUT2D eigenvalue weighted by molar-refractivity contribution is -0.654. The van der Waals surface area contributed by atoms with Crippen molar-refractivity contribution in [1.29, 1.82) is 0 Å². The zero-order valence-corrected chi connectivity index (χ0v) is 10.6. The van der Waals surface area contributed by atoms with Crippen LogP contribution in [-0.4, -0.2) is 0 Å². The molecule has 3 nitrogen and oxygen atoms in total. The smallest absolute Gasteiger partial charge is 0.222 e. The zero-order valence-electron chi connectivity index (χ0n) is 9.01. The van der Waals surface area contributed by atoms with Crippen molar-refractivity contribution >= 4 is 33.8 Å². The Morgan fingerprint density at radius 1 is 1.31 bits per heavy atom. The van der Waals surface area contributed by atoms with Crippen molar-refractivity contribution in [2.75, 3.05) is 0 Å². The Labute approximate surface area is 103 Å². The Morgan fingerprint density at radius 2 is 2.12 bits per heavy atom. The van der Waals surface area contributed by atoms with Gasteiger partial charge in [-0.2, -0.15) is 0 Å². The van der Waals surface area contributed by atoms with E-state index < -0.39 is 0 Å². The first-order valence-corrected chi connectivity index (χ1v) is 6.03. The van der Waals surface area contributed by atoms with Crippen LogP contribution in [0.25, 0.3) is 0 Å². The summed E-state index contributed by atoms with van der Waals surface area (Å²) in [5.41, 5.74) is 1.81. The van der Waals surface area contributed by atoms with Crippen molar-refractivity contribution in [3.05, 3.63) is 40.4 Å². The zero-order chi connectivity index (χ0) is 11.5. The van der Waals surface area contributed by atoms with Crippen LogP contribution in [0.5, 0.6) is 0 Å². The molecule has 0 N–H and O–H groups in total. The molecule has 0 fully saturated rings. The first kappa shape index (κ1) is 11.2. The van der Waals surface area contributed by atoms with Gasteiger partial charge in [0.25, 0.3) is 0 Å². The summed E-state index contributed by atoms with van der Waals surface area (Å²) in [5, 5.41) is 11.7. The van der Waals surface area contributed by atoms with Crippen molar-refractivity contribution in [2.24, 2.45) is 17.3 Å². The van der Waals surface area contributed by atoms with Crippen molar-refractivity contribution in [2.45, 2.75) is 6.92 Å². The molecule has 0 amide bonds. The van der Waals surface area contributed by atoms with Gasteiger partial charge in [-0.1, -0.05) is 17.7 Å². The normalized spacial score (nSPS) is 11.2. The fraction of sp³-hybridized carbons (Fsp3) is 0.182. The molecule has 16 heavy (non-hydrogen) atoms. The topological polar surface area (TPSA) is 28.6 Å². The lowest BCUT2D eigenvalue weighted by Gasteiger charge is -1.94. The van der Waals surface area contributed by atoms with E-state index in [1.54, 1.807) is 0 Å². The summed E-state index contributed by atoms with van der Waals surface area (Å²) >= 11 is 7.59.